The molecular weight excluding hydrogens is 266 g/mol. The average Bonchev–Trinajstić information content (AvgIpc) is 2.36. The van der Waals surface area contributed by atoms with Gasteiger partial charge in [0.25, 0.3) is 0 Å². The van der Waals surface area contributed by atoms with E-state index >= 15 is 0 Å². The Bertz CT molecular complexity index is 401. The van der Waals surface area contributed by atoms with Crippen molar-refractivity contribution in [3.05, 3.63) is 0 Å². The number of hydrogen-bond acceptors (Lipinski definition) is 4. The second-order valence-electron chi connectivity index (χ2n) is 5.70. The lowest BCUT2D eigenvalue weighted by Crippen LogP contribution is -2.43. The topological polar surface area (TPSA) is 72.5 Å². The first-order chi connectivity index (χ1) is 9.05. The van der Waals surface area contributed by atoms with Gasteiger partial charge in [-0.2, -0.15) is 0 Å². The van der Waals surface area contributed by atoms with Gasteiger partial charge >= 0.3 is 6.09 Å². The van der Waals surface area contributed by atoms with E-state index in [9.17, 15) is 13.2 Å². The van der Waals surface area contributed by atoms with Crippen molar-refractivity contribution < 1.29 is 17.9 Å². The van der Waals surface area contributed by atoms with Crippen molar-refractivity contribution in [2.45, 2.75) is 51.0 Å². The van der Waals surface area contributed by atoms with E-state index < -0.39 is 15.9 Å². The molecule has 1 heterocycles. The van der Waals surface area contributed by atoms with Crippen LogP contribution in [0.25, 0.3) is 0 Å². The summed E-state index contributed by atoms with van der Waals surface area (Å²) >= 11 is 0. The van der Waals surface area contributed by atoms with E-state index in [0.29, 0.717) is 18.9 Å². The third-order valence-corrected chi connectivity index (χ3v) is 5.78. The quantitative estimate of drug-likeness (QED) is 0.861. The van der Waals surface area contributed by atoms with E-state index in [2.05, 4.69) is 5.32 Å². The van der Waals surface area contributed by atoms with Gasteiger partial charge < -0.3 is 10.1 Å². The summed E-state index contributed by atoms with van der Waals surface area (Å²) in [5.74, 6) is 0.767. The molecule has 1 atom stereocenters. The molecule has 1 saturated carbocycles. The van der Waals surface area contributed by atoms with Gasteiger partial charge in [-0.25, -0.2) is 13.2 Å². The Morgan fingerprint density at radius 1 is 1.11 bits per heavy atom. The molecule has 0 unspecified atom stereocenters. The van der Waals surface area contributed by atoms with Crippen molar-refractivity contribution in [3.63, 3.8) is 0 Å². The van der Waals surface area contributed by atoms with Crippen LogP contribution in [0.5, 0.6) is 0 Å². The van der Waals surface area contributed by atoms with Gasteiger partial charge in [0.15, 0.2) is 9.84 Å². The number of carbonyl (C=O) groups is 1. The number of ether oxygens (including phenoxy) is 1. The molecule has 110 valence electrons. The lowest BCUT2D eigenvalue weighted by atomic mass is 9.90. The fraction of sp³-hybridized carbons (Fsp3) is 0.923. The van der Waals surface area contributed by atoms with Gasteiger partial charge in [-0.05, 0) is 31.6 Å². The molecule has 5 nitrogen and oxygen atoms in total. The Hall–Kier alpha value is -0.780. The van der Waals surface area contributed by atoms with Gasteiger partial charge in [0.05, 0.1) is 18.1 Å². The molecule has 2 rings (SSSR count). The standard InChI is InChI=1S/C13H23NO4S/c15-13(18-9-11-5-2-1-3-6-11)14-12-7-4-8-19(16,17)10-12/h11-12H,1-10H2,(H,14,15)/t12-/m1/s1. The van der Waals surface area contributed by atoms with Crippen LogP contribution in [0.2, 0.25) is 0 Å². The van der Waals surface area contributed by atoms with Crippen molar-refractivity contribution in [1.29, 1.82) is 0 Å². The van der Waals surface area contributed by atoms with E-state index in [1.807, 2.05) is 0 Å². The minimum atomic E-state index is -2.98. The van der Waals surface area contributed by atoms with Gasteiger partial charge in [0.2, 0.25) is 0 Å². The number of carbonyl (C=O) groups excluding carboxylic acids is 1. The van der Waals surface area contributed by atoms with Crippen LogP contribution < -0.4 is 5.32 Å². The first-order valence-electron chi connectivity index (χ1n) is 7.19. The first kappa shape index (κ1) is 14.6. The van der Waals surface area contributed by atoms with E-state index in [0.717, 1.165) is 19.3 Å². The van der Waals surface area contributed by atoms with Crippen molar-refractivity contribution in [2.24, 2.45) is 5.92 Å². The highest BCUT2D eigenvalue weighted by Gasteiger charge is 2.26. The molecule has 1 aliphatic carbocycles. The van der Waals surface area contributed by atoms with Gasteiger partial charge in [-0.1, -0.05) is 19.3 Å². The number of hydrogen-bond donors (Lipinski definition) is 1. The van der Waals surface area contributed by atoms with Crippen LogP contribution >= 0.6 is 0 Å². The monoisotopic (exact) mass is 289 g/mol. The minimum absolute atomic E-state index is 0.0472. The Balaban J connectivity index is 1.69. The summed E-state index contributed by atoms with van der Waals surface area (Å²) in [6.45, 7) is 0.464. The van der Waals surface area contributed by atoms with Crippen molar-refractivity contribution in [3.8, 4) is 0 Å². The van der Waals surface area contributed by atoms with Crippen molar-refractivity contribution in [2.75, 3.05) is 18.1 Å². The maximum absolute atomic E-state index is 11.6. The summed E-state index contributed by atoms with van der Waals surface area (Å²) in [5.41, 5.74) is 0. The van der Waals surface area contributed by atoms with Crippen LogP contribution in [0.1, 0.15) is 44.9 Å². The second-order valence-corrected chi connectivity index (χ2v) is 7.93. The molecule has 0 radical (unpaired) electrons. The van der Waals surface area contributed by atoms with Crippen LogP contribution in [0, 0.1) is 5.92 Å². The molecule has 2 aliphatic rings. The van der Waals surface area contributed by atoms with Crippen LogP contribution in [0.15, 0.2) is 0 Å². The predicted molar refractivity (Wildman–Crippen MR) is 72.7 cm³/mol. The zero-order valence-corrected chi connectivity index (χ0v) is 12.1. The third kappa shape index (κ3) is 5.01. The number of nitrogens with one attached hydrogen (secondary N) is 1. The highest BCUT2D eigenvalue weighted by molar-refractivity contribution is 7.91. The van der Waals surface area contributed by atoms with Crippen LogP contribution in [-0.4, -0.2) is 38.7 Å². The Kier molecular flexibility index (Phi) is 5.07. The highest BCUT2D eigenvalue weighted by atomic mass is 32.2. The lowest BCUT2D eigenvalue weighted by molar-refractivity contribution is 0.113. The van der Waals surface area contributed by atoms with Crippen LogP contribution in [-0.2, 0) is 14.6 Å². The fourth-order valence-electron chi connectivity index (χ4n) is 2.89. The van der Waals surface area contributed by atoms with E-state index in [1.165, 1.54) is 19.3 Å². The molecule has 1 saturated heterocycles. The molecule has 0 aromatic heterocycles. The summed E-state index contributed by atoms with van der Waals surface area (Å²) in [7, 11) is -2.98. The summed E-state index contributed by atoms with van der Waals surface area (Å²) < 4.78 is 28.1. The fourth-order valence-corrected chi connectivity index (χ4v) is 4.53. The molecule has 19 heavy (non-hydrogen) atoms. The summed E-state index contributed by atoms with van der Waals surface area (Å²) in [6, 6.07) is -0.280. The first-order valence-corrected chi connectivity index (χ1v) is 9.01. The van der Waals surface area contributed by atoms with E-state index in [1.54, 1.807) is 0 Å². The van der Waals surface area contributed by atoms with Crippen molar-refractivity contribution in [1.82, 2.24) is 5.32 Å². The summed E-state index contributed by atoms with van der Waals surface area (Å²) in [5, 5.41) is 2.67. The average molecular weight is 289 g/mol. The number of sulfone groups is 1. The molecule has 0 aromatic rings. The zero-order chi connectivity index (χ0) is 13.7. The Morgan fingerprint density at radius 3 is 2.53 bits per heavy atom. The largest absolute Gasteiger partial charge is 0.449 e. The Labute approximate surface area is 115 Å². The lowest BCUT2D eigenvalue weighted by Gasteiger charge is -2.24. The Morgan fingerprint density at radius 2 is 1.84 bits per heavy atom. The molecule has 1 amide bonds. The normalized spacial score (nSPS) is 27.7. The SMILES string of the molecule is O=C(N[C@@H]1CCCS(=O)(=O)C1)OCC1CCCCC1. The number of rotatable bonds is 3. The van der Waals surface area contributed by atoms with Gasteiger partial charge in [0.1, 0.15) is 0 Å². The zero-order valence-electron chi connectivity index (χ0n) is 11.3. The summed E-state index contributed by atoms with van der Waals surface area (Å²) in [4.78, 5) is 11.6. The third-order valence-electron chi connectivity index (χ3n) is 3.96. The molecule has 0 bridgehead atoms. The maximum Gasteiger partial charge on any atom is 0.407 e. The molecule has 6 heteroatoms. The predicted octanol–water partition coefficient (Wildman–Crippen LogP) is 1.87. The van der Waals surface area contributed by atoms with Crippen LogP contribution in [0.3, 0.4) is 0 Å². The van der Waals surface area contributed by atoms with Crippen LogP contribution in [0.4, 0.5) is 4.79 Å². The molecule has 0 spiro atoms. The van der Waals surface area contributed by atoms with E-state index in [4.69, 9.17) is 4.74 Å². The van der Waals surface area contributed by atoms with Gasteiger partial charge in [0, 0.05) is 6.04 Å². The number of alkyl carbamates (subject to hydrolysis) is 1. The minimum Gasteiger partial charge on any atom is -0.449 e. The second kappa shape index (κ2) is 6.59. The molecule has 1 aliphatic heterocycles. The molecule has 0 aromatic carbocycles. The summed E-state index contributed by atoms with van der Waals surface area (Å²) in [6.07, 6.45) is 6.85. The molecular formula is C13H23NO4S. The van der Waals surface area contributed by atoms with E-state index in [-0.39, 0.29) is 17.5 Å². The molecule has 2 fully saturated rings. The van der Waals surface area contributed by atoms with Gasteiger partial charge in [-0.15, -0.1) is 0 Å². The maximum atomic E-state index is 11.6. The van der Waals surface area contributed by atoms with Gasteiger partial charge in [-0.3, -0.25) is 0 Å². The molecule has 1 N–H and O–H groups in total. The van der Waals surface area contributed by atoms with Crippen molar-refractivity contribution >= 4 is 15.9 Å². The number of amides is 1. The highest BCUT2D eigenvalue weighted by Crippen LogP contribution is 2.23. The smallest absolute Gasteiger partial charge is 0.407 e.